The van der Waals surface area contributed by atoms with Gasteiger partial charge in [-0.15, -0.1) is 0 Å². The number of nitrogens with zero attached hydrogens (tertiary/aromatic N) is 3. The number of hydrogen-bond acceptors (Lipinski definition) is 3. The molecule has 2 aromatic rings. The van der Waals surface area contributed by atoms with E-state index in [1.807, 2.05) is 25.5 Å². The van der Waals surface area contributed by atoms with E-state index in [0.29, 0.717) is 10.9 Å². The highest BCUT2D eigenvalue weighted by molar-refractivity contribution is 6.31. The minimum absolute atomic E-state index is 0.641. The van der Waals surface area contributed by atoms with Gasteiger partial charge in [-0.1, -0.05) is 25.4 Å². The largest absolute Gasteiger partial charge is 0.312 e. The maximum Gasteiger partial charge on any atom is 0.154 e. The minimum atomic E-state index is 0.641. The molecule has 0 amide bonds. The quantitative estimate of drug-likeness (QED) is 0.918. The highest BCUT2D eigenvalue weighted by atomic mass is 35.5. The lowest BCUT2D eigenvalue weighted by Gasteiger charge is -2.10. The Balaban J connectivity index is 2.28. The van der Waals surface area contributed by atoms with E-state index in [1.54, 1.807) is 0 Å². The third-order valence-corrected chi connectivity index (χ3v) is 3.85. The van der Waals surface area contributed by atoms with Crippen molar-refractivity contribution in [1.29, 1.82) is 0 Å². The molecule has 2 heterocycles. The van der Waals surface area contributed by atoms with Crippen LogP contribution < -0.4 is 5.32 Å². The molecule has 114 valence electrons. The van der Waals surface area contributed by atoms with Crippen molar-refractivity contribution in [2.24, 2.45) is 5.92 Å². The van der Waals surface area contributed by atoms with E-state index in [9.17, 15) is 0 Å². The molecule has 4 nitrogen and oxygen atoms in total. The topological polar surface area (TPSA) is 42.7 Å². The molecule has 0 saturated carbocycles. The van der Waals surface area contributed by atoms with Crippen molar-refractivity contribution < 1.29 is 0 Å². The van der Waals surface area contributed by atoms with Crippen molar-refractivity contribution in [1.82, 2.24) is 20.1 Å². The van der Waals surface area contributed by atoms with Crippen LogP contribution in [-0.4, -0.2) is 21.3 Å². The molecular weight excluding hydrogens is 284 g/mol. The smallest absolute Gasteiger partial charge is 0.154 e. The van der Waals surface area contributed by atoms with E-state index >= 15 is 0 Å². The standard InChI is InChI=1S/C16H23ClN4/c1-10(2)8-18-9-14-6-11(3)19-15(7-14)21-13(5)16(17)12(4)20-21/h6-7,10,18H,8-9H2,1-5H3. The summed E-state index contributed by atoms with van der Waals surface area (Å²) in [5.41, 5.74) is 3.95. The van der Waals surface area contributed by atoms with Gasteiger partial charge in [0.25, 0.3) is 0 Å². The van der Waals surface area contributed by atoms with Gasteiger partial charge in [-0.25, -0.2) is 9.67 Å². The van der Waals surface area contributed by atoms with Gasteiger partial charge in [0.15, 0.2) is 5.82 Å². The van der Waals surface area contributed by atoms with E-state index in [4.69, 9.17) is 11.6 Å². The number of rotatable bonds is 5. The van der Waals surface area contributed by atoms with Crippen LogP contribution in [0.5, 0.6) is 0 Å². The van der Waals surface area contributed by atoms with Crippen molar-refractivity contribution in [3.8, 4) is 5.82 Å². The molecule has 0 bridgehead atoms. The third kappa shape index (κ3) is 3.83. The second-order valence-corrected chi connectivity index (χ2v) is 6.27. The molecule has 0 radical (unpaired) electrons. The number of aryl methyl sites for hydroxylation is 2. The molecular formula is C16H23ClN4. The van der Waals surface area contributed by atoms with Gasteiger partial charge in [0.05, 0.1) is 16.4 Å². The van der Waals surface area contributed by atoms with Crippen LogP contribution in [0.4, 0.5) is 0 Å². The van der Waals surface area contributed by atoms with Crippen molar-refractivity contribution in [3.63, 3.8) is 0 Å². The Hall–Kier alpha value is -1.39. The second kappa shape index (κ2) is 6.58. The minimum Gasteiger partial charge on any atom is -0.312 e. The van der Waals surface area contributed by atoms with Crippen LogP contribution in [0.1, 0.15) is 36.5 Å². The highest BCUT2D eigenvalue weighted by Gasteiger charge is 2.12. The van der Waals surface area contributed by atoms with Crippen molar-refractivity contribution >= 4 is 11.6 Å². The number of nitrogens with one attached hydrogen (secondary N) is 1. The van der Waals surface area contributed by atoms with Crippen LogP contribution in [0.2, 0.25) is 5.02 Å². The predicted octanol–water partition coefficient (Wildman–Crippen LogP) is 3.59. The lowest BCUT2D eigenvalue weighted by atomic mass is 10.2. The summed E-state index contributed by atoms with van der Waals surface area (Å²) in [5, 5.41) is 8.63. The lowest BCUT2D eigenvalue weighted by Crippen LogP contribution is -2.19. The monoisotopic (exact) mass is 306 g/mol. The summed E-state index contributed by atoms with van der Waals surface area (Å²) in [5.74, 6) is 1.46. The molecule has 0 saturated heterocycles. The van der Waals surface area contributed by atoms with Crippen LogP contribution in [-0.2, 0) is 6.54 Å². The molecule has 2 rings (SSSR count). The Morgan fingerprint density at radius 1 is 1.24 bits per heavy atom. The van der Waals surface area contributed by atoms with Crippen LogP contribution in [0.3, 0.4) is 0 Å². The Bertz CT molecular complexity index is 631. The van der Waals surface area contributed by atoms with Crippen molar-refractivity contribution in [2.75, 3.05) is 6.54 Å². The molecule has 0 aromatic carbocycles. The van der Waals surface area contributed by atoms with Crippen molar-refractivity contribution in [2.45, 2.75) is 41.2 Å². The average Bonchev–Trinajstić information content (AvgIpc) is 2.65. The predicted molar refractivity (Wildman–Crippen MR) is 87.1 cm³/mol. The number of halogens is 1. The zero-order valence-corrected chi connectivity index (χ0v) is 14.1. The van der Waals surface area contributed by atoms with Gasteiger partial charge >= 0.3 is 0 Å². The summed E-state index contributed by atoms with van der Waals surface area (Å²) in [6.07, 6.45) is 0. The first-order valence-electron chi connectivity index (χ1n) is 7.29. The summed E-state index contributed by atoms with van der Waals surface area (Å²) < 4.78 is 1.82. The first kappa shape index (κ1) is 16.0. The van der Waals surface area contributed by atoms with Gasteiger partial charge in [-0.05, 0) is 50.9 Å². The molecule has 2 aromatic heterocycles. The van der Waals surface area contributed by atoms with Crippen LogP contribution in [0.25, 0.3) is 5.82 Å². The van der Waals surface area contributed by atoms with Crippen LogP contribution in [0, 0.1) is 26.7 Å². The van der Waals surface area contributed by atoms with E-state index in [2.05, 4.69) is 41.4 Å². The number of pyridine rings is 1. The summed E-state index contributed by atoms with van der Waals surface area (Å²) >= 11 is 6.22. The van der Waals surface area contributed by atoms with Gasteiger partial charge in [0, 0.05) is 12.2 Å². The Morgan fingerprint density at radius 2 is 1.95 bits per heavy atom. The van der Waals surface area contributed by atoms with E-state index < -0.39 is 0 Å². The van der Waals surface area contributed by atoms with Crippen LogP contribution in [0.15, 0.2) is 12.1 Å². The maximum atomic E-state index is 6.22. The van der Waals surface area contributed by atoms with E-state index in [-0.39, 0.29) is 0 Å². The molecule has 5 heteroatoms. The van der Waals surface area contributed by atoms with Gasteiger partial charge in [-0.2, -0.15) is 5.10 Å². The molecule has 1 N–H and O–H groups in total. The first-order chi connectivity index (χ1) is 9.88. The zero-order chi connectivity index (χ0) is 15.6. The zero-order valence-electron chi connectivity index (χ0n) is 13.4. The summed E-state index contributed by atoms with van der Waals surface area (Å²) in [7, 11) is 0. The van der Waals surface area contributed by atoms with Gasteiger partial charge in [-0.3, -0.25) is 0 Å². The molecule has 21 heavy (non-hydrogen) atoms. The average molecular weight is 307 g/mol. The maximum absolute atomic E-state index is 6.22. The third-order valence-electron chi connectivity index (χ3n) is 3.30. The molecule has 0 aliphatic carbocycles. The lowest BCUT2D eigenvalue weighted by molar-refractivity contribution is 0.552. The van der Waals surface area contributed by atoms with Gasteiger partial charge in [0.1, 0.15) is 0 Å². The van der Waals surface area contributed by atoms with Crippen LogP contribution >= 0.6 is 11.6 Å². The van der Waals surface area contributed by atoms with E-state index in [1.165, 1.54) is 5.56 Å². The van der Waals surface area contributed by atoms with E-state index in [0.717, 1.165) is 36.0 Å². The SMILES string of the molecule is Cc1cc(CNCC(C)C)cc(-n2nc(C)c(Cl)c2C)n1. The molecule has 0 aliphatic heterocycles. The fourth-order valence-electron chi connectivity index (χ4n) is 2.28. The Kier molecular flexibility index (Phi) is 5.01. The highest BCUT2D eigenvalue weighted by Crippen LogP contribution is 2.22. The Morgan fingerprint density at radius 3 is 2.52 bits per heavy atom. The normalized spacial score (nSPS) is 11.4. The Labute approximate surface area is 131 Å². The molecule has 0 spiro atoms. The summed E-state index contributed by atoms with van der Waals surface area (Å²) in [4.78, 5) is 4.58. The molecule has 0 unspecified atom stereocenters. The fraction of sp³-hybridized carbons (Fsp3) is 0.500. The number of hydrogen-bond donors (Lipinski definition) is 1. The molecule has 0 aliphatic rings. The van der Waals surface area contributed by atoms with Crippen molar-refractivity contribution in [3.05, 3.63) is 39.8 Å². The second-order valence-electron chi connectivity index (χ2n) is 5.90. The molecule has 0 atom stereocenters. The summed E-state index contributed by atoms with van der Waals surface area (Å²) in [6, 6.07) is 4.17. The molecule has 0 fully saturated rings. The van der Waals surface area contributed by atoms with Gasteiger partial charge in [0.2, 0.25) is 0 Å². The fourth-order valence-corrected chi connectivity index (χ4v) is 2.40. The van der Waals surface area contributed by atoms with Gasteiger partial charge < -0.3 is 5.32 Å². The summed E-state index contributed by atoms with van der Waals surface area (Å²) in [6.45, 7) is 12.1. The number of aromatic nitrogens is 3. The first-order valence-corrected chi connectivity index (χ1v) is 7.66.